The Morgan fingerprint density at radius 1 is 0.617 bits per heavy atom. The quantitative estimate of drug-likeness (QED) is 0.0218. The SMILES string of the molecule is CCCCCCCCCCCCCCCCCCCCCCCCCC(=S)NC(CNC1C=CC(O)C(O)C1O)C(O)CC(O)CC. The smallest absolute Gasteiger partial charge is 0.111 e. The first-order chi connectivity index (χ1) is 22.8. The van der Waals surface area contributed by atoms with E-state index in [4.69, 9.17) is 12.2 Å². The molecule has 0 saturated carbocycles. The summed E-state index contributed by atoms with van der Waals surface area (Å²) in [6.45, 7) is 4.45. The van der Waals surface area contributed by atoms with Gasteiger partial charge in [-0.3, -0.25) is 0 Å². The number of aliphatic hydroxyl groups is 5. The number of aliphatic hydroxyl groups excluding tert-OH is 5. The lowest BCUT2D eigenvalue weighted by atomic mass is 9.93. The molecule has 0 spiro atoms. The van der Waals surface area contributed by atoms with E-state index in [9.17, 15) is 25.5 Å². The van der Waals surface area contributed by atoms with Gasteiger partial charge in [-0.25, -0.2) is 0 Å². The molecule has 0 saturated heterocycles. The summed E-state index contributed by atoms with van der Waals surface area (Å²) in [6, 6.07) is -1.00. The molecule has 0 radical (unpaired) electrons. The highest BCUT2D eigenvalue weighted by atomic mass is 32.1. The van der Waals surface area contributed by atoms with Crippen LogP contribution in [0.5, 0.6) is 0 Å². The minimum absolute atomic E-state index is 0.225. The van der Waals surface area contributed by atoms with E-state index in [1.807, 2.05) is 6.92 Å². The number of rotatable bonds is 32. The van der Waals surface area contributed by atoms with Gasteiger partial charge in [0, 0.05) is 13.0 Å². The second-order valence-corrected chi connectivity index (χ2v) is 14.9. The molecule has 0 bridgehead atoms. The van der Waals surface area contributed by atoms with Crippen molar-refractivity contribution in [3.05, 3.63) is 12.2 Å². The van der Waals surface area contributed by atoms with Crippen LogP contribution in [0.3, 0.4) is 0 Å². The summed E-state index contributed by atoms with van der Waals surface area (Å²) in [7, 11) is 0. The highest BCUT2D eigenvalue weighted by molar-refractivity contribution is 7.80. The Hall–Kier alpha value is -0.610. The Labute approximate surface area is 294 Å². The van der Waals surface area contributed by atoms with E-state index >= 15 is 0 Å². The fourth-order valence-corrected chi connectivity index (χ4v) is 6.87. The predicted octanol–water partition coefficient (Wildman–Crippen LogP) is 7.79. The highest BCUT2D eigenvalue weighted by Crippen LogP contribution is 2.17. The lowest BCUT2D eigenvalue weighted by Gasteiger charge is -2.34. The van der Waals surface area contributed by atoms with E-state index in [2.05, 4.69) is 17.6 Å². The van der Waals surface area contributed by atoms with Gasteiger partial charge in [0.2, 0.25) is 0 Å². The van der Waals surface area contributed by atoms with Gasteiger partial charge in [0.05, 0.1) is 29.3 Å². The number of thiocarbonyl (C=S) groups is 1. The molecule has 0 aromatic heterocycles. The van der Waals surface area contributed by atoms with E-state index < -0.39 is 42.6 Å². The summed E-state index contributed by atoms with van der Waals surface area (Å²) in [5, 5.41) is 57.3. The third-order valence-corrected chi connectivity index (χ3v) is 10.3. The molecule has 7 nitrogen and oxygen atoms in total. The standard InChI is InChI=1S/C39H76N2O5S/c1-3-5-6-7-8-9-10-11-12-13-14-15-16-17-18-19-20-21-22-23-24-25-26-27-37(47)41-34(36(44)30-32(42)4-2)31-40-33-28-29-35(43)39(46)38(33)45/h28-29,32-36,38-40,42-46H,3-27,30-31H2,1-2H3,(H,41,47). The van der Waals surface area contributed by atoms with Crippen LogP contribution in [0.2, 0.25) is 0 Å². The van der Waals surface area contributed by atoms with Crippen LogP contribution in [-0.2, 0) is 0 Å². The van der Waals surface area contributed by atoms with Gasteiger partial charge in [0.15, 0.2) is 0 Å². The van der Waals surface area contributed by atoms with Gasteiger partial charge in [0.1, 0.15) is 18.3 Å². The largest absolute Gasteiger partial charge is 0.393 e. The van der Waals surface area contributed by atoms with Crippen molar-refractivity contribution in [2.24, 2.45) is 0 Å². The Kier molecular flexibility index (Phi) is 28.6. The van der Waals surface area contributed by atoms with Crippen molar-refractivity contribution < 1.29 is 25.5 Å². The van der Waals surface area contributed by atoms with Gasteiger partial charge in [-0.1, -0.05) is 179 Å². The van der Waals surface area contributed by atoms with Crippen LogP contribution in [0.4, 0.5) is 0 Å². The Morgan fingerprint density at radius 2 is 1.04 bits per heavy atom. The summed E-state index contributed by atoms with van der Waals surface area (Å²) in [5.74, 6) is 0. The fraction of sp³-hybridized carbons (Fsp3) is 0.923. The molecule has 0 aliphatic heterocycles. The Bertz CT molecular complexity index is 757. The molecule has 7 unspecified atom stereocenters. The van der Waals surface area contributed by atoms with Gasteiger partial charge in [-0.15, -0.1) is 0 Å². The van der Waals surface area contributed by atoms with Crippen LogP contribution in [0.1, 0.15) is 181 Å². The molecule has 7 atom stereocenters. The molecule has 1 aliphatic carbocycles. The first kappa shape index (κ1) is 44.4. The van der Waals surface area contributed by atoms with Crippen molar-refractivity contribution >= 4 is 17.2 Å². The molecule has 0 fully saturated rings. The molecule has 0 amide bonds. The number of unbranched alkanes of at least 4 members (excludes halogenated alkanes) is 22. The zero-order valence-electron chi connectivity index (χ0n) is 30.4. The summed E-state index contributed by atoms with van der Waals surface area (Å²) in [6.07, 6.45) is 31.1. The van der Waals surface area contributed by atoms with Gasteiger partial charge < -0.3 is 36.2 Å². The van der Waals surface area contributed by atoms with Crippen LogP contribution in [0.25, 0.3) is 0 Å². The first-order valence-corrected chi connectivity index (χ1v) is 20.3. The monoisotopic (exact) mass is 685 g/mol. The van der Waals surface area contributed by atoms with E-state index in [1.54, 1.807) is 6.08 Å². The van der Waals surface area contributed by atoms with Crippen LogP contribution in [0.15, 0.2) is 12.2 Å². The minimum atomic E-state index is -1.27. The summed E-state index contributed by atoms with van der Waals surface area (Å²) in [4.78, 5) is 0.695. The summed E-state index contributed by atoms with van der Waals surface area (Å²) < 4.78 is 0. The Morgan fingerprint density at radius 3 is 1.47 bits per heavy atom. The second-order valence-electron chi connectivity index (χ2n) is 14.4. The molecular weight excluding hydrogens is 609 g/mol. The second kappa shape index (κ2) is 30.2. The molecule has 47 heavy (non-hydrogen) atoms. The average molecular weight is 685 g/mol. The van der Waals surface area contributed by atoms with Crippen molar-refractivity contribution in [2.75, 3.05) is 6.54 Å². The fourth-order valence-electron chi connectivity index (χ4n) is 6.57. The summed E-state index contributed by atoms with van der Waals surface area (Å²) in [5.41, 5.74) is 0. The average Bonchev–Trinajstić information content (AvgIpc) is 3.06. The van der Waals surface area contributed by atoms with Crippen molar-refractivity contribution in [3.63, 3.8) is 0 Å². The maximum absolute atomic E-state index is 10.8. The molecule has 7 N–H and O–H groups in total. The summed E-state index contributed by atoms with van der Waals surface area (Å²) >= 11 is 5.60. The van der Waals surface area contributed by atoms with E-state index in [1.165, 1.54) is 141 Å². The molecule has 8 heteroatoms. The number of nitrogens with one attached hydrogen (secondary N) is 2. The lowest BCUT2D eigenvalue weighted by Crippen LogP contribution is -2.56. The third-order valence-electron chi connectivity index (χ3n) is 9.96. The molecule has 0 aromatic carbocycles. The predicted molar refractivity (Wildman–Crippen MR) is 202 cm³/mol. The first-order valence-electron chi connectivity index (χ1n) is 19.9. The minimum Gasteiger partial charge on any atom is -0.393 e. The zero-order valence-corrected chi connectivity index (χ0v) is 31.2. The molecule has 0 heterocycles. The van der Waals surface area contributed by atoms with Gasteiger partial charge in [-0.05, 0) is 19.3 Å². The van der Waals surface area contributed by atoms with Crippen LogP contribution in [-0.4, -0.2) is 79.7 Å². The molecule has 278 valence electrons. The number of hydrogen-bond donors (Lipinski definition) is 7. The molecule has 1 rings (SSSR count). The normalized spacial score (nSPS) is 21.5. The van der Waals surface area contributed by atoms with Crippen molar-refractivity contribution in [1.29, 1.82) is 0 Å². The van der Waals surface area contributed by atoms with Crippen LogP contribution >= 0.6 is 12.2 Å². The van der Waals surface area contributed by atoms with Gasteiger partial charge >= 0.3 is 0 Å². The molecule has 1 aliphatic rings. The van der Waals surface area contributed by atoms with Crippen LogP contribution in [0, 0.1) is 0 Å². The van der Waals surface area contributed by atoms with E-state index in [0.29, 0.717) is 11.4 Å². The topological polar surface area (TPSA) is 125 Å². The number of hydrogen-bond acceptors (Lipinski definition) is 7. The van der Waals surface area contributed by atoms with E-state index in [-0.39, 0.29) is 13.0 Å². The zero-order chi connectivity index (χ0) is 34.5. The van der Waals surface area contributed by atoms with Crippen molar-refractivity contribution in [2.45, 2.75) is 223 Å². The maximum atomic E-state index is 10.8. The molecular formula is C39H76N2O5S. The highest BCUT2D eigenvalue weighted by Gasteiger charge is 2.33. The van der Waals surface area contributed by atoms with Gasteiger partial charge in [0.25, 0.3) is 0 Å². The van der Waals surface area contributed by atoms with E-state index in [0.717, 1.165) is 19.3 Å². The van der Waals surface area contributed by atoms with Gasteiger partial charge in [-0.2, -0.15) is 0 Å². The van der Waals surface area contributed by atoms with Crippen molar-refractivity contribution in [1.82, 2.24) is 10.6 Å². The van der Waals surface area contributed by atoms with Crippen molar-refractivity contribution in [3.8, 4) is 0 Å². The Balaban J connectivity index is 2.03. The molecule has 0 aromatic rings. The lowest BCUT2D eigenvalue weighted by molar-refractivity contribution is -0.0571. The maximum Gasteiger partial charge on any atom is 0.111 e. The van der Waals surface area contributed by atoms with Crippen LogP contribution < -0.4 is 10.6 Å². The third kappa shape index (κ3) is 23.4.